The van der Waals surface area contributed by atoms with Gasteiger partial charge in [-0.2, -0.15) is 0 Å². The van der Waals surface area contributed by atoms with Crippen LogP contribution in [0.5, 0.6) is 0 Å². The summed E-state index contributed by atoms with van der Waals surface area (Å²) in [4.78, 5) is 9.24. The Bertz CT molecular complexity index is 715. The minimum atomic E-state index is 0.579. The number of benzene rings is 1. The summed E-state index contributed by atoms with van der Waals surface area (Å²) in [7, 11) is 0. The number of fused-ring (bicyclic) bond motifs is 1. The monoisotopic (exact) mass is 252 g/mol. The smallest absolute Gasteiger partial charge is 0.138 e. The molecular weight excluding hydrogens is 236 g/mol. The Kier molecular flexibility index (Phi) is 3.01. The van der Waals surface area contributed by atoms with Crippen LogP contribution in [0.4, 0.5) is 0 Å². The first-order chi connectivity index (χ1) is 9.29. The first-order valence-corrected chi connectivity index (χ1v) is 6.40. The Balaban J connectivity index is 2.28. The van der Waals surface area contributed by atoms with E-state index in [0.717, 1.165) is 34.8 Å². The van der Waals surface area contributed by atoms with Gasteiger partial charge in [0.15, 0.2) is 0 Å². The number of hydrogen-bond donors (Lipinski definition) is 1. The van der Waals surface area contributed by atoms with Crippen molar-refractivity contribution >= 4 is 11.0 Å². The van der Waals surface area contributed by atoms with Gasteiger partial charge in [0.1, 0.15) is 11.6 Å². The molecule has 3 rings (SSSR count). The molecule has 4 nitrogen and oxygen atoms in total. The molecule has 0 unspecified atom stereocenters. The van der Waals surface area contributed by atoms with Crippen LogP contribution in [0.1, 0.15) is 11.5 Å². The molecule has 0 atom stereocenters. The summed E-state index contributed by atoms with van der Waals surface area (Å²) in [6.45, 7) is 2.57. The number of imidazole rings is 1. The highest BCUT2D eigenvalue weighted by molar-refractivity contribution is 5.77. The Morgan fingerprint density at radius 2 is 1.89 bits per heavy atom. The molecule has 96 valence electrons. The van der Waals surface area contributed by atoms with Gasteiger partial charge >= 0.3 is 0 Å². The first-order valence-electron chi connectivity index (χ1n) is 6.40. The predicted molar refractivity (Wildman–Crippen MR) is 76.4 cm³/mol. The van der Waals surface area contributed by atoms with Gasteiger partial charge in [-0.1, -0.05) is 18.2 Å². The van der Waals surface area contributed by atoms with E-state index in [-0.39, 0.29) is 0 Å². The molecule has 0 aliphatic heterocycles. The topological polar surface area (TPSA) is 56.7 Å². The van der Waals surface area contributed by atoms with Gasteiger partial charge in [-0.15, -0.1) is 0 Å². The van der Waals surface area contributed by atoms with Gasteiger partial charge in [0.05, 0.1) is 11.0 Å². The van der Waals surface area contributed by atoms with Crippen molar-refractivity contribution in [2.24, 2.45) is 5.73 Å². The Hall–Kier alpha value is -2.20. The minimum Gasteiger partial charge on any atom is -0.330 e. The van der Waals surface area contributed by atoms with E-state index in [2.05, 4.69) is 20.6 Å². The van der Waals surface area contributed by atoms with Gasteiger partial charge in [0.25, 0.3) is 0 Å². The van der Waals surface area contributed by atoms with E-state index < -0.39 is 0 Å². The Morgan fingerprint density at radius 3 is 2.68 bits per heavy atom. The van der Waals surface area contributed by atoms with Crippen molar-refractivity contribution in [2.45, 2.75) is 13.3 Å². The number of aryl methyl sites for hydroxylation is 1. The van der Waals surface area contributed by atoms with Crippen molar-refractivity contribution < 1.29 is 0 Å². The molecule has 0 radical (unpaired) electrons. The third kappa shape index (κ3) is 2.11. The van der Waals surface area contributed by atoms with Crippen molar-refractivity contribution in [1.29, 1.82) is 0 Å². The summed E-state index contributed by atoms with van der Waals surface area (Å²) < 4.78 is 2.09. The van der Waals surface area contributed by atoms with E-state index in [4.69, 9.17) is 5.73 Å². The lowest BCUT2D eigenvalue weighted by atomic mass is 10.3. The fraction of sp³-hybridized carbons (Fsp3) is 0.200. The van der Waals surface area contributed by atoms with Crippen LogP contribution in [-0.4, -0.2) is 21.1 Å². The van der Waals surface area contributed by atoms with Crippen LogP contribution in [0.25, 0.3) is 16.9 Å². The number of nitrogens with zero attached hydrogens (tertiary/aromatic N) is 3. The van der Waals surface area contributed by atoms with Gasteiger partial charge in [-0.3, -0.25) is 4.57 Å². The molecular formula is C15H16N4. The molecule has 0 fully saturated rings. The average Bonchev–Trinajstić information content (AvgIpc) is 2.77. The van der Waals surface area contributed by atoms with Crippen molar-refractivity contribution in [3.8, 4) is 5.82 Å². The number of hydrogen-bond acceptors (Lipinski definition) is 3. The number of nitrogens with two attached hydrogens (primary N) is 1. The molecule has 3 aromatic rings. The summed E-state index contributed by atoms with van der Waals surface area (Å²) in [5, 5.41) is 0. The van der Waals surface area contributed by atoms with Crippen molar-refractivity contribution in [2.75, 3.05) is 6.54 Å². The Labute approximate surface area is 111 Å². The molecule has 0 amide bonds. The zero-order valence-electron chi connectivity index (χ0n) is 10.9. The molecule has 0 saturated heterocycles. The number of pyridine rings is 1. The van der Waals surface area contributed by atoms with Gasteiger partial charge in [0, 0.05) is 12.1 Å². The molecule has 2 heterocycles. The SMILES string of the molecule is Cc1cccc(-n2c(CCN)nc3ccccc32)n1. The van der Waals surface area contributed by atoms with Crippen LogP contribution >= 0.6 is 0 Å². The van der Waals surface area contributed by atoms with Gasteiger partial charge in [-0.05, 0) is 37.7 Å². The maximum Gasteiger partial charge on any atom is 0.138 e. The molecule has 0 aliphatic carbocycles. The zero-order valence-corrected chi connectivity index (χ0v) is 10.9. The second kappa shape index (κ2) is 4.82. The van der Waals surface area contributed by atoms with Crippen molar-refractivity contribution in [3.05, 3.63) is 54.0 Å². The lowest BCUT2D eigenvalue weighted by Gasteiger charge is -2.08. The second-order valence-electron chi connectivity index (χ2n) is 4.53. The van der Waals surface area contributed by atoms with Crippen LogP contribution in [0, 0.1) is 6.92 Å². The van der Waals surface area contributed by atoms with Crippen LogP contribution in [0.2, 0.25) is 0 Å². The molecule has 1 aromatic carbocycles. The molecule has 2 N–H and O–H groups in total. The summed E-state index contributed by atoms with van der Waals surface area (Å²) in [6.07, 6.45) is 0.740. The average molecular weight is 252 g/mol. The van der Waals surface area contributed by atoms with E-state index in [0.29, 0.717) is 6.54 Å². The summed E-state index contributed by atoms with van der Waals surface area (Å²) >= 11 is 0. The maximum absolute atomic E-state index is 5.69. The molecule has 19 heavy (non-hydrogen) atoms. The highest BCUT2D eigenvalue weighted by Gasteiger charge is 2.12. The van der Waals surface area contributed by atoms with E-state index in [1.54, 1.807) is 0 Å². The van der Waals surface area contributed by atoms with Crippen molar-refractivity contribution in [3.63, 3.8) is 0 Å². The van der Waals surface area contributed by atoms with Crippen LogP contribution < -0.4 is 5.73 Å². The highest BCUT2D eigenvalue weighted by atomic mass is 15.1. The fourth-order valence-corrected chi connectivity index (χ4v) is 2.28. The van der Waals surface area contributed by atoms with Crippen LogP contribution in [0.3, 0.4) is 0 Å². The molecule has 0 aliphatic rings. The maximum atomic E-state index is 5.69. The normalized spacial score (nSPS) is 11.1. The van der Waals surface area contributed by atoms with E-state index in [1.807, 2.05) is 43.3 Å². The summed E-state index contributed by atoms with van der Waals surface area (Å²) in [5.41, 5.74) is 8.73. The third-order valence-corrected chi connectivity index (χ3v) is 3.10. The first kappa shape index (κ1) is 11.9. The van der Waals surface area contributed by atoms with Crippen LogP contribution in [0.15, 0.2) is 42.5 Å². The van der Waals surface area contributed by atoms with Crippen molar-refractivity contribution in [1.82, 2.24) is 14.5 Å². The molecule has 4 heteroatoms. The highest BCUT2D eigenvalue weighted by Crippen LogP contribution is 2.20. The number of para-hydroxylation sites is 2. The Morgan fingerprint density at radius 1 is 1.05 bits per heavy atom. The molecule has 0 spiro atoms. The second-order valence-corrected chi connectivity index (χ2v) is 4.53. The third-order valence-electron chi connectivity index (χ3n) is 3.10. The largest absolute Gasteiger partial charge is 0.330 e. The lowest BCUT2D eigenvalue weighted by Crippen LogP contribution is -2.10. The van der Waals surface area contributed by atoms with Gasteiger partial charge in [-0.25, -0.2) is 9.97 Å². The molecule has 2 aromatic heterocycles. The quantitative estimate of drug-likeness (QED) is 0.777. The van der Waals surface area contributed by atoms with Gasteiger partial charge < -0.3 is 5.73 Å². The minimum absolute atomic E-state index is 0.579. The summed E-state index contributed by atoms with van der Waals surface area (Å²) in [6, 6.07) is 14.1. The van der Waals surface area contributed by atoms with E-state index in [1.165, 1.54) is 0 Å². The number of rotatable bonds is 3. The predicted octanol–water partition coefficient (Wildman–Crippen LogP) is 2.23. The lowest BCUT2D eigenvalue weighted by molar-refractivity contribution is 0.832. The standard InChI is InChI=1S/C15H16N4/c1-11-5-4-8-14(17-11)19-13-7-3-2-6-12(13)18-15(19)9-10-16/h2-8H,9-10,16H2,1H3. The fourth-order valence-electron chi connectivity index (χ4n) is 2.28. The van der Waals surface area contributed by atoms with E-state index in [9.17, 15) is 0 Å². The molecule has 0 bridgehead atoms. The number of aromatic nitrogens is 3. The van der Waals surface area contributed by atoms with Gasteiger partial charge in [0.2, 0.25) is 0 Å². The van der Waals surface area contributed by atoms with Crippen LogP contribution in [-0.2, 0) is 6.42 Å². The zero-order chi connectivity index (χ0) is 13.2. The van der Waals surface area contributed by atoms with E-state index >= 15 is 0 Å². The summed E-state index contributed by atoms with van der Waals surface area (Å²) in [5.74, 6) is 1.86. The molecule has 0 saturated carbocycles.